The van der Waals surface area contributed by atoms with Crippen LogP contribution in [0.4, 0.5) is 14.5 Å². The quantitative estimate of drug-likeness (QED) is 0.449. The van der Waals surface area contributed by atoms with E-state index in [1.165, 1.54) is 23.0 Å². The van der Waals surface area contributed by atoms with Gasteiger partial charge in [-0.3, -0.25) is 9.52 Å². The minimum absolute atomic E-state index is 0.0477. The molecule has 3 rings (SSSR count). The fraction of sp³-hybridized carbons (Fsp3) is 0.316. The Bertz CT molecular complexity index is 1210. The molecule has 0 amide bonds. The molecule has 166 valence electrons. The van der Waals surface area contributed by atoms with Crippen LogP contribution in [0.25, 0.3) is 5.65 Å². The number of halogens is 2. The van der Waals surface area contributed by atoms with E-state index in [2.05, 4.69) is 10.1 Å². The van der Waals surface area contributed by atoms with E-state index >= 15 is 0 Å². The molecule has 0 spiro atoms. The first-order chi connectivity index (χ1) is 14.7. The van der Waals surface area contributed by atoms with Crippen LogP contribution in [0.3, 0.4) is 0 Å². The lowest BCUT2D eigenvalue weighted by Gasteiger charge is -2.11. The van der Waals surface area contributed by atoms with Crippen molar-refractivity contribution < 1.29 is 31.8 Å². The number of fused-ring (bicyclic) bond motifs is 1. The third-order valence-electron chi connectivity index (χ3n) is 4.16. The summed E-state index contributed by atoms with van der Waals surface area (Å²) in [5.74, 6) is -3.30. The summed E-state index contributed by atoms with van der Waals surface area (Å²) >= 11 is 0. The number of ether oxygens (including phenoxy) is 1. The Balaban J connectivity index is 1.85. The van der Waals surface area contributed by atoms with E-state index in [1.54, 1.807) is 6.92 Å². The molecule has 31 heavy (non-hydrogen) atoms. The number of aliphatic hydroxyl groups excluding tert-OH is 1. The van der Waals surface area contributed by atoms with Gasteiger partial charge in [0.15, 0.2) is 17.2 Å². The molecule has 9 nitrogen and oxygen atoms in total. The molecule has 3 aromatic rings. The smallest absolute Gasteiger partial charge is 0.235 e. The van der Waals surface area contributed by atoms with E-state index in [0.29, 0.717) is 17.6 Å². The van der Waals surface area contributed by atoms with E-state index in [-0.39, 0.29) is 24.8 Å². The van der Waals surface area contributed by atoms with Gasteiger partial charge in [0.05, 0.1) is 23.6 Å². The molecule has 0 saturated heterocycles. The van der Waals surface area contributed by atoms with E-state index in [9.17, 15) is 22.0 Å². The number of aliphatic hydroxyl groups is 1. The molecule has 2 aromatic heterocycles. The molecule has 2 heterocycles. The minimum atomic E-state index is -3.82. The predicted molar refractivity (Wildman–Crippen MR) is 108 cm³/mol. The van der Waals surface area contributed by atoms with Crippen molar-refractivity contribution in [2.24, 2.45) is 0 Å². The van der Waals surface area contributed by atoms with Gasteiger partial charge in [0.2, 0.25) is 15.9 Å². The topological polar surface area (TPSA) is 123 Å². The molecule has 0 unspecified atom stereocenters. The monoisotopic (exact) mass is 454 g/mol. The number of Topliss-reactive ketones (excluding diaryl/α,β-unsaturated/α-hetero) is 1. The summed E-state index contributed by atoms with van der Waals surface area (Å²) in [4.78, 5) is 16.7. The maximum absolute atomic E-state index is 14.8. The normalized spacial score (nSPS) is 11.6. The van der Waals surface area contributed by atoms with E-state index in [1.807, 2.05) is 4.72 Å². The van der Waals surface area contributed by atoms with Crippen molar-refractivity contribution in [3.63, 3.8) is 0 Å². The van der Waals surface area contributed by atoms with Crippen LogP contribution in [0.1, 0.15) is 29.3 Å². The summed E-state index contributed by atoms with van der Waals surface area (Å²) in [6.07, 6.45) is 2.72. The van der Waals surface area contributed by atoms with Crippen LogP contribution in [0.5, 0.6) is 5.88 Å². The predicted octanol–water partition coefficient (Wildman–Crippen LogP) is 1.96. The Morgan fingerprint density at radius 2 is 2.10 bits per heavy atom. The number of sulfonamides is 1. The van der Waals surface area contributed by atoms with E-state index in [4.69, 9.17) is 9.84 Å². The SMILES string of the molecule is CCCS(=O)(=O)Nc1ccc(F)c(C(=O)Cc2cnc3cc(OCCO)nn3c2)c1F. The maximum atomic E-state index is 14.8. The number of nitrogens with one attached hydrogen (secondary N) is 1. The fourth-order valence-electron chi connectivity index (χ4n) is 2.85. The number of benzene rings is 1. The Kier molecular flexibility index (Phi) is 6.81. The Morgan fingerprint density at radius 1 is 1.32 bits per heavy atom. The zero-order valence-electron chi connectivity index (χ0n) is 16.5. The lowest BCUT2D eigenvalue weighted by atomic mass is 10.0. The second kappa shape index (κ2) is 9.35. The highest BCUT2D eigenvalue weighted by Gasteiger charge is 2.23. The number of rotatable bonds is 10. The second-order valence-corrected chi connectivity index (χ2v) is 8.47. The zero-order valence-corrected chi connectivity index (χ0v) is 17.3. The van der Waals surface area contributed by atoms with Crippen molar-refractivity contribution >= 4 is 27.1 Å². The number of aromatic nitrogens is 3. The van der Waals surface area contributed by atoms with Gasteiger partial charge < -0.3 is 9.84 Å². The number of carbonyl (C=O) groups is 1. The molecule has 2 N–H and O–H groups in total. The number of ketones is 1. The van der Waals surface area contributed by atoms with Crippen LogP contribution in [0.2, 0.25) is 0 Å². The molecule has 0 radical (unpaired) electrons. The first-order valence-corrected chi connectivity index (χ1v) is 11.0. The van der Waals surface area contributed by atoms with Crippen LogP contribution < -0.4 is 9.46 Å². The van der Waals surface area contributed by atoms with Crippen molar-refractivity contribution in [1.82, 2.24) is 14.6 Å². The number of nitrogens with zero attached hydrogens (tertiary/aromatic N) is 3. The summed E-state index contributed by atoms with van der Waals surface area (Å²) in [5, 5.41) is 12.9. The van der Waals surface area contributed by atoms with Crippen molar-refractivity contribution in [3.8, 4) is 5.88 Å². The number of anilines is 1. The van der Waals surface area contributed by atoms with Crippen molar-refractivity contribution in [1.29, 1.82) is 0 Å². The minimum Gasteiger partial charge on any atom is -0.474 e. The van der Waals surface area contributed by atoms with Gasteiger partial charge in [-0.25, -0.2) is 26.7 Å². The zero-order chi connectivity index (χ0) is 22.6. The van der Waals surface area contributed by atoms with E-state index < -0.39 is 45.1 Å². The summed E-state index contributed by atoms with van der Waals surface area (Å²) in [6.45, 7) is 1.50. The maximum Gasteiger partial charge on any atom is 0.235 e. The van der Waals surface area contributed by atoms with E-state index in [0.717, 1.165) is 12.1 Å². The lowest BCUT2D eigenvalue weighted by molar-refractivity contribution is 0.0984. The number of hydrogen-bond acceptors (Lipinski definition) is 7. The van der Waals surface area contributed by atoms with Gasteiger partial charge in [-0.05, 0) is 24.1 Å². The third-order valence-corrected chi connectivity index (χ3v) is 5.64. The van der Waals surface area contributed by atoms with Crippen LogP contribution in [0, 0.1) is 11.6 Å². The molecule has 0 aliphatic heterocycles. The van der Waals surface area contributed by atoms with Crippen molar-refractivity contribution in [3.05, 3.63) is 53.4 Å². The van der Waals surface area contributed by atoms with Gasteiger partial charge in [-0.15, -0.1) is 5.10 Å². The van der Waals surface area contributed by atoms with Crippen molar-refractivity contribution in [2.45, 2.75) is 19.8 Å². The van der Waals surface area contributed by atoms with Crippen LogP contribution in [-0.4, -0.2) is 52.9 Å². The molecular weight excluding hydrogens is 434 g/mol. The first kappa shape index (κ1) is 22.6. The Labute approximate surface area is 176 Å². The standard InChI is InChI=1S/C19H20F2N4O5S/c1-2-7-31(28,29)24-14-4-3-13(20)18(19(14)21)15(27)8-12-10-22-16-9-17(30-6-5-26)23-25(16)11-12/h3-4,9-11,24,26H,2,5-8H2,1H3. The molecule has 0 aliphatic carbocycles. The summed E-state index contributed by atoms with van der Waals surface area (Å²) in [5.41, 5.74) is -0.604. The molecule has 12 heteroatoms. The number of carbonyl (C=O) groups excluding carboxylic acids is 1. The molecular formula is C19H20F2N4O5S. The molecule has 0 saturated carbocycles. The fourth-order valence-corrected chi connectivity index (χ4v) is 3.99. The largest absolute Gasteiger partial charge is 0.474 e. The molecule has 0 atom stereocenters. The molecule has 0 aliphatic rings. The van der Waals surface area contributed by atoms with Crippen LogP contribution >= 0.6 is 0 Å². The third kappa shape index (κ3) is 5.33. The average Bonchev–Trinajstić information content (AvgIpc) is 3.10. The van der Waals surface area contributed by atoms with Gasteiger partial charge in [0.1, 0.15) is 12.4 Å². The molecule has 1 aromatic carbocycles. The van der Waals surface area contributed by atoms with Crippen molar-refractivity contribution in [2.75, 3.05) is 23.7 Å². The average molecular weight is 454 g/mol. The van der Waals surface area contributed by atoms with Gasteiger partial charge in [0, 0.05) is 24.9 Å². The van der Waals surface area contributed by atoms with Gasteiger partial charge in [0.25, 0.3) is 0 Å². The first-order valence-electron chi connectivity index (χ1n) is 9.33. The lowest BCUT2D eigenvalue weighted by Crippen LogP contribution is -2.19. The number of hydrogen-bond donors (Lipinski definition) is 2. The second-order valence-electron chi connectivity index (χ2n) is 6.62. The molecule has 0 fully saturated rings. The summed E-state index contributed by atoms with van der Waals surface area (Å²) in [7, 11) is -3.82. The van der Waals surface area contributed by atoms with Crippen LogP contribution in [0.15, 0.2) is 30.6 Å². The van der Waals surface area contributed by atoms with Gasteiger partial charge in [-0.1, -0.05) is 6.92 Å². The van der Waals surface area contributed by atoms with Gasteiger partial charge >= 0.3 is 0 Å². The Morgan fingerprint density at radius 3 is 2.81 bits per heavy atom. The molecule has 0 bridgehead atoms. The highest BCUT2D eigenvalue weighted by atomic mass is 32.2. The highest BCUT2D eigenvalue weighted by Crippen LogP contribution is 2.24. The van der Waals surface area contributed by atoms with Crippen LogP contribution in [-0.2, 0) is 16.4 Å². The summed E-state index contributed by atoms with van der Waals surface area (Å²) in [6, 6.07) is 3.28. The van der Waals surface area contributed by atoms with Gasteiger partial charge in [-0.2, -0.15) is 0 Å². The Hall–Kier alpha value is -3.12. The summed E-state index contributed by atoms with van der Waals surface area (Å²) < 4.78 is 61.4. The highest BCUT2D eigenvalue weighted by molar-refractivity contribution is 7.92.